The van der Waals surface area contributed by atoms with Crippen molar-refractivity contribution < 1.29 is 9.53 Å². The summed E-state index contributed by atoms with van der Waals surface area (Å²) in [6.45, 7) is 6.06. The third kappa shape index (κ3) is 4.91. The van der Waals surface area contributed by atoms with E-state index < -0.39 is 0 Å². The molecule has 2 aromatic carbocycles. The van der Waals surface area contributed by atoms with Crippen LogP contribution < -0.4 is 21.1 Å². The highest BCUT2D eigenvalue weighted by Crippen LogP contribution is 2.27. The first-order valence-corrected chi connectivity index (χ1v) is 8.23. The van der Waals surface area contributed by atoms with Crippen molar-refractivity contribution in [2.75, 3.05) is 11.1 Å². The van der Waals surface area contributed by atoms with Gasteiger partial charge < -0.3 is 21.1 Å². The van der Waals surface area contributed by atoms with E-state index in [9.17, 15) is 4.79 Å². The predicted molar refractivity (Wildman–Crippen MR) is 98.6 cm³/mol. The van der Waals surface area contributed by atoms with Crippen molar-refractivity contribution in [3.8, 4) is 11.5 Å². The summed E-state index contributed by atoms with van der Waals surface area (Å²) in [6, 6.07) is 12.8. The molecule has 0 aliphatic heterocycles. The Balaban J connectivity index is 2.01. The number of benzene rings is 2. The number of anilines is 2. The molecule has 2 aromatic rings. The van der Waals surface area contributed by atoms with E-state index in [0.717, 1.165) is 35.6 Å². The van der Waals surface area contributed by atoms with Crippen molar-refractivity contribution in [3.05, 3.63) is 48.0 Å². The molecule has 0 heterocycles. The Morgan fingerprint density at radius 1 is 1.12 bits per heavy atom. The molecule has 0 radical (unpaired) electrons. The van der Waals surface area contributed by atoms with Crippen molar-refractivity contribution in [2.24, 2.45) is 0 Å². The van der Waals surface area contributed by atoms with Crippen LogP contribution in [0.2, 0.25) is 0 Å². The molecule has 5 heteroatoms. The molecule has 2 rings (SSSR count). The minimum absolute atomic E-state index is 0.185. The van der Waals surface area contributed by atoms with E-state index in [2.05, 4.69) is 24.5 Å². The number of carbonyl (C=O) groups excluding carboxylic acids is 1. The maximum atomic E-state index is 12.0. The van der Waals surface area contributed by atoms with Gasteiger partial charge in [-0.2, -0.15) is 0 Å². The molecule has 0 atom stereocenters. The number of nitrogens with one attached hydrogen (secondary N) is 2. The van der Waals surface area contributed by atoms with E-state index in [4.69, 9.17) is 10.5 Å². The van der Waals surface area contributed by atoms with Crippen molar-refractivity contribution in [1.82, 2.24) is 5.32 Å². The van der Waals surface area contributed by atoms with Crippen molar-refractivity contribution in [2.45, 2.75) is 39.7 Å². The molecular formula is C19H25N3O2. The number of nitrogen functional groups attached to an aromatic ring is 1. The lowest BCUT2D eigenvalue weighted by Crippen LogP contribution is -2.37. The fraction of sp³-hybridized carbons (Fsp3) is 0.316. The Morgan fingerprint density at radius 2 is 1.79 bits per heavy atom. The van der Waals surface area contributed by atoms with Crippen LogP contribution >= 0.6 is 0 Å². The van der Waals surface area contributed by atoms with Gasteiger partial charge in [-0.3, -0.25) is 0 Å². The summed E-state index contributed by atoms with van der Waals surface area (Å²) in [6.07, 6.45) is 1.83. The number of urea groups is 1. The highest BCUT2D eigenvalue weighted by molar-refractivity contribution is 5.89. The van der Waals surface area contributed by atoms with Gasteiger partial charge in [0.2, 0.25) is 0 Å². The summed E-state index contributed by atoms with van der Waals surface area (Å²) >= 11 is 0. The average molecular weight is 327 g/mol. The van der Waals surface area contributed by atoms with Crippen molar-refractivity contribution >= 4 is 17.4 Å². The summed E-state index contributed by atoms with van der Waals surface area (Å²) in [5.74, 6) is 1.46. The topological polar surface area (TPSA) is 76.4 Å². The first kappa shape index (κ1) is 17.7. The van der Waals surface area contributed by atoms with E-state index in [1.165, 1.54) is 0 Å². The van der Waals surface area contributed by atoms with Gasteiger partial charge in [-0.15, -0.1) is 0 Å². The number of amides is 2. The predicted octanol–water partition coefficient (Wildman–Crippen LogP) is 4.68. The number of nitrogens with two attached hydrogens (primary N) is 1. The Bertz CT molecular complexity index is 680. The number of ether oxygens (including phenoxy) is 1. The maximum absolute atomic E-state index is 12.0. The lowest BCUT2D eigenvalue weighted by molar-refractivity contribution is 0.247. The van der Waals surface area contributed by atoms with Crippen LogP contribution in [0, 0.1) is 6.92 Å². The molecule has 0 saturated heterocycles. The van der Waals surface area contributed by atoms with E-state index in [0.29, 0.717) is 5.69 Å². The van der Waals surface area contributed by atoms with E-state index >= 15 is 0 Å². The number of carbonyl (C=O) groups is 1. The number of hydrogen-bond donors (Lipinski definition) is 3. The molecule has 0 saturated carbocycles. The summed E-state index contributed by atoms with van der Waals surface area (Å²) in [5, 5.41) is 5.81. The highest BCUT2D eigenvalue weighted by atomic mass is 16.5. The molecule has 4 N–H and O–H groups in total. The second-order valence-electron chi connectivity index (χ2n) is 5.76. The van der Waals surface area contributed by atoms with E-state index in [1.807, 2.05) is 37.3 Å². The molecule has 128 valence electrons. The van der Waals surface area contributed by atoms with Gasteiger partial charge in [0.25, 0.3) is 0 Å². The molecule has 0 fully saturated rings. The van der Waals surface area contributed by atoms with E-state index in [1.54, 1.807) is 12.1 Å². The van der Waals surface area contributed by atoms with Gasteiger partial charge in [0.15, 0.2) is 0 Å². The Kier molecular flexibility index (Phi) is 6.07. The van der Waals surface area contributed by atoms with Crippen LogP contribution in [0.4, 0.5) is 16.2 Å². The van der Waals surface area contributed by atoms with Gasteiger partial charge in [-0.05, 0) is 67.8 Å². The molecule has 2 amide bonds. The summed E-state index contributed by atoms with van der Waals surface area (Å²) in [5.41, 5.74) is 8.04. The zero-order valence-electron chi connectivity index (χ0n) is 14.4. The number of rotatable bonds is 6. The minimum atomic E-state index is -0.185. The van der Waals surface area contributed by atoms with Crippen LogP contribution in [-0.4, -0.2) is 12.1 Å². The van der Waals surface area contributed by atoms with Crippen molar-refractivity contribution in [1.29, 1.82) is 0 Å². The van der Waals surface area contributed by atoms with Gasteiger partial charge in [0.1, 0.15) is 11.5 Å². The first-order chi connectivity index (χ1) is 11.5. The van der Waals surface area contributed by atoms with Crippen molar-refractivity contribution in [3.63, 3.8) is 0 Å². The number of hydrogen-bond acceptors (Lipinski definition) is 3. The lowest BCUT2D eigenvalue weighted by Gasteiger charge is -2.16. The molecule has 0 spiro atoms. The first-order valence-electron chi connectivity index (χ1n) is 8.23. The van der Waals surface area contributed by atoms with Crippen LogP contribution in [0.25, 0.3) is 0 Å². The monoisotopic (exact) mass is 327 g/mol. The van der Waals surface area contributed by atoms with Gasteiger partial charge in [0, 0.05) is 17.4 Å². The van der Waals surface area contributed by atoms with Gasteiger partial charge in [0.05, 0.1) is 0 Å². The third-order valence-electron chi connectivity index (χ3n) is 3.86. The highest BCUT2D eigenvalue weighted by Gasteiger charge is 2.09. The Labute approximate surface area is 143 Å². The van der Waals surface area contributed by atoms with Gasteiger partial charge >= 0.3 is 6.03 Å². The van der Waals surface area contributed by atoms with Crippen LogP contribution in [0.5, 0.6) is 11.5 Å². The van der Waals surface area contributed by atoms with E-state index in [-0.39, 0.29) is 12.1 Å². The lowest BCUT2D eigenvalue weighted by atomic mass is 10.2. The fourth-order valence-corrected chi connectivity index (χ4v) is 2.35. The Hall–Kier alpha value is -2.69. The molecule has 0 unspecified atom stereocenters. The standard InChI is InChI=1S/C19H25N3O2/c1-4-15(5-2)21-19(23)22-16-8-11-18(13(3)12-16)24-17-9-6-14(20)7-10-17/h6-12,15H,4-5,20H2,1-3H3,(H2,21,22,23). The van der Waals surface area contributed by atoms with Crippen LogP contribution in [0.1, 0.15) is 32.3 Å². The second kappa shape index (κ2) is 8.24. The summed E-state index contributed by atoms with van der Waals surface area (Å²) < 4.78 is 5.84. The molecule has 0 bridgehead atoms. The summed E-state index contributed by atoms with van der Waals surface area (Å²) in [4.78, 5) is 12.0. The quantitative estimate of drug-likeness (QED) is 0.674. The van der Waals surface area contributed by atoms with Crippen LogP contribution in [0.3, 0.4) is 0 Å². The largest absolute Gasteiger partial charge is 0.457 e. The molecule has 5 nitrogen and oxygen atoms in total. The second-order valence-corrected chi connectivity index (χ2v) is 5.76. The normalized spacial score (nSPS) is 10.5. The zero-order valence-corrected chi connectivity index (χ0v) is 14.4. The van der Waals surface area contributed by atoms with Crippen LogP contribution in [0.15, 0.2) is 42.5 Å². The molecule has 0 aromatic heterocycles. The molecule has 0 aliphatic rings. The van der Waals surface area contributed by atoms with Gasteiger partial charge in [-0.25, -0.2) is 4.79 Å². The summed E-state index contributed by atoms with van der Waals surface area (Å²) in [7, 11) is 0. The molecule has 0 aliphatic carbocycles. The zero-order chi connectivity index (χ0) is 17.5. The Morgan fingerprint density at radius 3 is 2.38 bits per heavy atom. The molecule has 24 heavy (non-hydrogen) atoms. The SMILES string of the molecule is CCC(CC)NC(=O)Nc1ccc(Oc2ccc(N)cc2)c(C)c1. The average Bonchev–Trinajstić information content (AvgIpc) is 2.57. The fourth-order valence-electron chi connectivity index (χ4n) is 2.35. The minimum Gasteiger partial charge on any atom is -0.457 e. The van der Waals surface area contributed by atoms with Crippen LogP contribution in [-0.2, 0) is 0 Å². The van der Waals surface area contributed by atoms with Gasteiger partial charge in [-0.1, -0.05) is 13.8 Å². The number of aryl methyl sites for hydroxylation is 1. The molecular weight excluding hydrogens is 302 g/mol. The third-order valence-corrected chi connectivity index (χ3v) is 3.86. The smallest absolute Gasteiger partial charge is 0.319 e. The maximum Gasteiger partial charge on any atom is 0.319 e.